The summed E-state index contributed by atoms with van der Waals surface area (Å²) in [5.41, 5.74) is 3.58. The maximum Gasteiger partial charge on any atom is 0.0629 e. The van der Waals surface area contributed by atoms with E-state index in [9.17, 15) is 0 Å². The van der Waals surface area contributed by atoms with Crippen molar-refractivity contribution in [3.8, 4) is 22.3 Å². The second kappa shape index (κ2) is 5.11. The molecule has 0 aliphatic heterocycles. The predicted octanol–water partition coefficient (Wildman–Crippen LogP) is 5.33. The van der Waals surface area contributed by atoms with Crippen molar-refractivity contribution in [1.82, 2.24) is 0 Å². The SMILES string of the molecule is [2H]c1c([2H])c(-c2ccc(-c3ccccc3)cc2)c([2H])c([2H])c1C. The van der Waals surface area contributed by atoms with E-state index in [4.69, 9.17) is 5.48 Å². The van der Waals surface area contributed by atoms with Crippen LogP contribution in [0.3, 0.4) is 0 Å². The highest BCUT2D eigenvalue weighted by Crippen LogP contribution is 2.24. The number of rotatable bonds is 2. The van der Waals surface area contributed by atoms with Crippen LogP contribution in [0.1, 0.15) is 11.0 Å². The number of hydrogen-bond donors (Lipinski definition) is 0. The van der Waals surface area contributed by atoms with E-state index in [2.05, 4.69) is 0 Å². The van der Waals surface area contributed by atoms with E-state index in [0.717, 1.165) is 11.1 Å². The van der Waals surface area contributed by atoms with Gasteiger partial charge >= 0.3 is 0 Å². The molecule has 0 aromatic heterocycles. The Morgan fingerprint density at radius 2 is 1.05 bits per heavy atom. The molecule has 0 atom stereocenters. The zero-order valence-corrected chi connectivity index (χ0v) is 10.7. The van der Waals surface area contributed by atoms with Crippen molar-refractivity contribution in [3.05, 3.63) is 84.3 Å². The molecule has 0 spiro atoms. The highest BCUT2D eigenvalue weighted by atomic mass is 14.0. The third-order valence-corrected chi connectivity index (χ3v) is 3.03. The Bertz CT molecular complexity index is 824. The van der Waals surface area contributed by atoms with Crippen LogP contribution in [-0.4, -0.2) is 0 Å². The molecule has 0 saturated carbocycles. The molecule has 0 radical (unpaired) electrons. The van der Waals surface area contributed by atoms with Gasteiger partial charge in [0.15, 0.2) is 0 Å². The van der Waals surface area contributed by atoms with Crippen molar-refractivity contribution in [2.24, 2.45) is 0 Å². The molecule has 19 heavy (non-hydrogen) atoms. The van der Waals surface area contributed by atoms with Gasteiger partial charge in [-0.3, -0.25) is 0 Å². The lowest BCUT2D eigenvalue weighted by Gasteiger charge is -2.05. The van der Waals surface area contributed by atoms with E-state index >= 15 is 0 Å². The monoisotopic (exact) mass is 248 g/mol. The van der Waals surface area contributed by atoms with Gasteiger partial charge in [-0.05, 0) is 29.2 Å². The molecule has 0 heterocycles. The van der Waals surface area contributed by atoms with Gasteiger partial charge in [-0.25, -0.2) is 0 Å². The topological polar surface area (TPSA) is 0 Å². The summed E-state index contributed by atoms with van der Waals surface area (Å²) in [5.74, 6) is 0. The zero-order chi connectivity index (χ0) is 16.6. The number of hydrogen-bond acceptors (Lipinski definition) is 0. The maximum atomic E-state index is 8.14. The molecule has 0 amide bonds. The third-order valence-electron chi connectivity index (χ3n) is 3.03. The van der Waals surface area contributed by atoms with E-state index < -0.39 is 0 Å². The van der Waals surface area contributed by atoms with E-state index in [-0.39, 0.29) is 24.2 Å². The molecule has 0 fully saturated rings. The van der Waals surface area contributed by atoms with Crippen LogP contribution in [0.5, 0.6) is 0 Å². The molecule has 3 rings (SSSR count). The highest BCUT2D eigenvalue weighted by Gasteiger charge is 1.99. The Labute approximate surface area is 120 Å². The Morgan fingerprint density at radius 3 is 1.63 bits per heavy atom. The Balaban J connectivity index is 2.11. The standard InChI is InChI=1S/C19H16/c1-15-7-9-17(10-8-15)19-13-11-18(12-14-19)16-5-3-2-4-6-16/h2-14H,1H3/i7D,8D,9D,10D. The lowest BCUT2D eigenvalue weighted by atomic mass is 10.00. The summed E-state index contributed by atoms with van der Waals surface area (Å²) < 4.78 is 32.2. The minimum atomic E-state index is 0.0101. The van der Waals surface area contributed by atoms with Crippen LogP contribution in [0, 0.1) is 6.92 Å². The molecule has 0 aliphatic carbocycles. The van der Waals surface area contributed by atoms with Crippen molar-refractivity contribution in [2.45, 2.75) is 6.92 Å². The average molecular weight is 248 g/mol. The van der Waals surface area contributed by atoms with E-state index in [1.165, 1.54) is 0 Å². The molecule has 0 saturated heterocycles. The smallest absolute Gasteiger partial charge is 0.0622 e. The zero-order valence-electron chi connectivity index (χ0n) is 14.7. The van der Waals surface area contributed by atoms with Crippen molar-refractivity contribution in [3.63, 3.8) is 0 Å². The van der Waals surface area contributed by atoms with Gasteiger partial charge in [0.05, 0.1) is 5.48 Å². The van der Waals surface area contributed by atoms with Gasteiger partial charge < -0.3 is 0 Å². The van der Waals surface area contributed by atoms with Crippen LogP contribution in [-0.2, 0) is 0 Å². The van der Waals surface area contributed by atoms with Gasteiger partial charge in [0, 0.05) is 0 Å². The summed E-state index contributed by atoms with van der Waals surface area (Å²) in [6.45, 7) is 1.61. The van der Waals surface area contributed by atoms with Gasteiger partial charge in [0.2, 0.25) is 0 Å². The van der Waals surface area contributed by atoms with Crippen LogP contribution in [0.15, 0.2) is 78.8 Å². The van der Waals surface area contributed by atoms with E-state index in [1.807, 2.05) is 54.6 Å². The van der Waals surface area contributed by atoms with Gasteiger partial charge in [0.25, 0.3) is 0 Å². The van der Waals surface area contributed by atoms with Gasteiger partial charge in [-0.2, -0.15) is 0 Å². The van der Waals surface area contributed by atoms with E-state index in [1.54, 1.807) is 6.92 Å². The highest BCUT2D eigenvalue weighted by molar-refractivity contribution is 5.70. The summed E-state index contributed by atoms with van der Waals surface area (Å²) in [7, 11) is 0. The molecule has 0 aliphatic rings. The van der Waals surface area contributed by atoms with Gasteiger partial charge in [0.1, 0.15) is 0 Å². The fourth-order valence-electron chi connectivity index (χ4n) is 1.98. The summed E-state index contributed by atoms with van der Waals surface area (Å²) >= 11 is 0. The Kier molecular flexibility index (Phi) is 2.14. The molecule has 0 nitrogen and oxygen atoms in total. The molecule has 92 valence electrons. The van der Waals surface area contributed by atoms with Crippen LogP contribution < -0.4 is 0 Å². The molecule has 3 aromatic carbocycles. The van der Waals surface area contributed by atoms with Crippen molar-refractivity contribution >= 4 is 0 Å². The lowest BCUT2D eigenvalue weighted by Crippen LogP contribution is -1.80. The van der Waals surface area contributed by atoms with Crippen LogP contribution in [0.25, 0.3) is 22.3 Å². The predicted molar refractivity (Wildman–Crippen MR) is 82.1 cm³/mol. The van der Waals surface area contributed by atoms with Crippen LogP contribution in [0.2, 0.25) is 0 Å². The first-order valence-electron chi connectivity index (χ1n) is 8.23. The third kappa shape index (κ3) is 2.58. The molecule has 0 bridgehead atoms. The quantitative estimate of drug-likeness (QED) is 0.575. The first-order valence-corrected chi connectivity index (χ1v) is 6.23. The molecular weight excluding hydrogens is 228 g/mol. The maximum absolute atomic E-state index is 8.14. The minimum Gasteiger partial charge on any atom is -0.0622 e. The summed E-state index contributed by atoms with van der Waals surface area (Å²) in [5, 5.41) is 0. The number of benzene rings is 3. The summed E-state index contributed by atoms with van der Waals surface area (Å²) in [6, 6.07) is 17.6. The van der Waals surface area contributed by atoms with Gasteiger partial charge in [-0.1, -0.05) is 84.3 Å². The average Bonchev–Trinajstić information content (AvgIpc) is 2.60. The van der Waals surface area contributed by atoms with Crippen LogP contribution in [0.4, 0.5) is 0 Å². The minimum absolute atomic E-state index is 0.0101. The fraction of sp³-hybridized carbons (Fsp3) is 0.0526. The summed E-state index contributed by atoms with van der Waals surface area (Å²) in [6.07, 6.45) is 0. The molecular formula is C19H16. The van der Waals surface area contributed by atoms with Crippen molar-refractivity contribution in [2.75, 3.05) is 0 Å². The van der Waals surface area contributed by atoms with Crippen molar-refractivity contribution < 1.29 is 5.48 Å². The first kappa shape index (κ1) is 7.96. The normalized spacial score (nSPS) is 13.3. The Hall–Kier alpha value is -2.34. The molecule has 3 aromatic rings. The molecule has 0 unspecified atom stereocenters. The van der Waals surface area contributed by atoms with Crippen molar-refractivity contribution in [1.29, 1.82) is 0 Å². The fourth-order valence-corrected chi connectivity index (χ4v) is 1.98. The first-order chi connectivity index (χ1) is 11.0. The second-order valence-corrected chi connectivity index (χ2v) is 4.44. The van der Waals surface area contributed by atoms with Gasteiger partial charge in [-0.15, -0.1) is 0 Å². The Morgan fingerprint density at radius 1 is 0.579 bits per heavy atom. The lowest BCUT2D eigenvalue weighted by molar-refractivity contribution is 1.47. The molecule has 0 N–H and O–H groups in total. The second-order valence-electron chi connectivity index (χ2n) is 4.44. The van der Waals surface area contributed by atoms with Crippen LogP contribution >= 0.6 is 0 Å². The largest absolute Gasteiger partial charge is 0.0629 e. The van der Waals surface area contributed by atoms with E-state index in [0.29, 0.717) is 16.7 Å². The molecule has 0 heteroatoms. The summed E-state index contributed by atoms with van der Waals surface area (Å²) in [4.78, 5) is 0.